The van der Waals surface area contributed by atoms with E-state index >= 15 is 0 Å². The maximum atomic E-state index is 13.6. The molecule has 4 aromatic rings. The zero-order chi connectivity index (χ0) is 21.6. The third-order valence-electron chi connectivity index (χ3n) is 4.50. The second-order valence-electron chi connectivity index (χ2n) is 6.49. The van der Waals surface area contributed by atoms with Crippen LogP contribution < -0.4 is 0 Å². The van der Waals surface area contributed by atoms with E-state index in [-0.39, 0.29) is 26.2 Å². The number of carboxylic acids is 1. The molecular weight excluding hydrogens is 469 g/mol. The highest BCUT2D eigenvalue weighted by molar-refractivity contribution is 7.90. The maximum absolute atomic E-state index is 13.6. The molecule has 0 aliphatic rings. The first kappa shape index (κ1) is 20.8. The molecule has 1 heterocycles. The molecule has 152 valence electrons. The summed E-state index contributed by atoms with van der Waals surface area (Å²) in [5, 5.41) is 10.7. The standard InChI is InChI=1S/C21H12Cl3NO4S/c22-15-4-5-19-14(7-15)8-20(12-2-1-3-13(6-12)21(26)27)25(19)30(28,29)18-10-16(23)9-17(24)11-18/h1-11H,(H,26,27). The Morgan fingerprint density at radius 1 is 0.833 bits per heavy atom. The van der Waals surface area contributed by atoms with Gasteiger partial charge in [-0.2, -0.15) is 0 Å². The summed E-state index contributed by atoms with van der Waals surface area (Å²) in [6.45, 7) is 0. The molecule has 0 fully saturated rings. The molecule has 1 aromatic heterocycles. The topological polar surface area (TPSA) is 76.4 Å². The molecule has 0 atom stereocenters. The highest BCUT2D eigenvalue weighted by atomic mass is 35.5. The molecule has 0 aliphatic heterocycles. The first-order valence-corrected chi connectivity index (χ1v) is 11.1. The van der Waals surface area contributed by atoms with Crippen LogP contribution in [0.5, 0.6) is 0 Å². The van der Waals surface area contributed by atoms with Crippen molar-refractivity contribution in [2.75, 3.05) is 0 Å². The van der Waals surface area contributed by atoms with Crippen LogP contribution in [0, 0.1) is 0 Å². The van der Waals surface area contributed by atoms with Crippen LogP contribution in [0.3, 0.4) is 0 Å². The smallest absolute Gasteiger partial charge is 0.335 e. The SMILES string of the molecule is O=C(O)c1cccc(-c2cc3cc(Cl)ccc3n2S(=O)(=O)c2cc(Cl)cc(Cl)c2)c1. The molecule has 3 aromatic carbocycles. The molecule has 0 unspecified atom stereocenters. The third-order valence-corrected chi connectivity index (χ3v) is 6.88. The number of nitrogens with zero attached hydrogens (tertiary/aromatic N) is 1. The molecule has 0 radical (unpaired) electrons. The van der Waals surface area contributed by atoms with Gasteiger partial charge < -0.3 is 5.11 Å². The molecule has 0 bridgehead atoms. The van der Waals surface area contributed by atoms with Crippen LogP contribution in [0.1, 0.15) is 10.4 Å². The van der Waals surface area contributed by atoms with Crippen molar-refractivity contribution in [1.82, 2.24) is 3.97 Å². The minimum absolute atomic E-state index is 0.0329. The van der Waals surface area contributed by atoms with E-state index in [1.807, 2.05) is 0 Å². The number of halogens is 3. The lowest BCUT2D eigenvalue weighted by molar-refractivity contribution is 0.0697. The van der Waals surface area contributed by atoms with Crippen LogP contribution in [0.2, 0.25) is 15.1 Å². The molecule has 4 rings (SSSR count). The first-order valence-electron chi connectivity index (χ1n) is 8.53. The van der Waals surface area contributed by atoms with Crippen LogP contribution in [0.15, 0.2) is 71.6 Å². The second kappa shape index (κ2) is 7.63. The molecule has 9 heteroatoms. The summed E-state index contributed by atoms with van der Waals surface area (Å²) in [5.41, 5.74) is 1.11. The van der Waals surface area contributed by atoms with Gasteiger partial charge in [0, 0.05) is 26.0 Å². The first-order chi connectivity index (χ1) is 14.2. The van der Waals surface area contributed by atoms with E-state index in [9.17, 15) is 18.3 Å². The lowest BCUT2D eigenvalue weighted by atomic mass is 10.1. The lowest BCUT2D eigenvalue weighted by Crippen LogP contribution is -2.14. The number of carboxylic acid groups (broad SMARTS) is 1. The summed E-state index contributed by atoms with van der Waals surface area (Å²) < 4.78 is 28.4. The summed E-state index contributed by atoms with van der Waals surface area (Å²) in [6, 6.07) is 16.5. The number of hydrogen-bond acceptors (Lipinski definition) is 3. The van der Waals surface area contributed by atoms with Crippen molar-refractivity contribution in [3.63, 3.8) is 0 Å². The summed E-state index contributed by atoms with van der Waals surface area (Å²) >= 11 is 18.2. The Morgan fingerprint density at radius 2 is 1.53 bits per heavy atom. The fourth-order valence-corrected chi connectivity index (χ4v) is 5.66. The molecule has 0 aliphatic carbocycles. The second-order valence-corrected chi connectivity index (χ2v) is 9.59. The Morgan fingerprint density at radius 3 is 2.20 bits per heavy atom. The third kappa shape index (κ3) is 3.68. The fraction of sp³-hybridized carbons (Fsp3) is 0. The van der Waals surface area contributed by atoms with Crippen LogP contribution in [-0.2, 0) is 10.0 Å². The van der Waals surface area contributed by atoms with Crippen LogP contribution in [0.4, 0.5) is 0 Å². The Labute approximate surface area is 187 Å². The van der Waals surface area contributed by atoms with Gasteiger partial charge in [-0.1, -0.05) is 46.9 Å². The summed E-state index contributed by atoms with van der Waals surface area (Å²) in [5.74, 6) is -1.12. The van der Waals surface area contributed by atoms with E-state index in [1.54, 1.807) is 36.4 Å². The van der Waals surface area contributed by atoms with E-state index in [2.05, 4.69) is 0 Å². The quantitative estimate of drug-likeness (QED) is 0.377. The highest BCUT2D eigenvalue weighted by Gasteiger charge is 2.25. The van der Waals surface area contributed by atoms with Gasteiger partial charge in [-0.25, -0.2) is 17.2 Å². The average molecular weight is 481 g/mol. The minimum atomic E-state index is -4.13. The van der Waals surface area contributed by atoms with Crippen molar-refractivity contribution in [2.45, 2.75) is 4.90 Å². The van der Waals surface area contributed by atoms with Crippen LogP contribution in [0.25, 0.3) is 22.2 Å². The number of fused-ring (bicyclic) bond motifs is 1. The molecule has 0 saturated heterocycles. The average Bonchev–Trinajstić information content (AvgIpc) is 3.06. The molecule has 0 amide bonds. The van der Waals surface area contributed by atoms with Gasteiger partial charge in [0.2, 0.25) is 0 Å². The molecule has 1 N–H and O–H groups in total. The molecular formula is C21H12Cl3NO4S. The van der Waals surface area contributed by atoms with E-state index in [0.29, 0.717) is 21.5 Å². The Balaban J connectivity index is 2.07. The lowest BCUT2D eigenvalue weighted by Gasteiger charge is -2.13. The normalized spacial score (nSPS) is 11.7. The molecule has 30 heavy (non-hydrogen) atoms. The van der Waals surface area contributed by atoms with Crippen molar-refractivity contribution in [3.8, 4) is 11.3 Å². The Hall–Kier alpha value is -2.51. The summed E-state index contributed by atoms with van der Waals surface area (Å²) in [7, 11) is -4.13. The molecule has 0 spiro atoms. The van der Waals surface area contributed by atoms with Crippen molar-refractivity contribution in [2.24, 2.45) is 0 Å². The molecule has 5 nitrogen and oxygen atoms in total. The number of benzene rings is 3. The number of carbonyl (C=O) groups is 1. The van der Waals surface area contributed by atoms with Crippen molar-refractivity contribution < 1.29 is 18.3 Å². The number of aromatic nitrogens is 1. The fourth-order valence-electron chi connectivity index (χ4n) is 3.22. The summed E-state index contributed by atoms with van der Waals surface area (Å²) in [6.07, 6.45) is 0. The number of hydrogen-bond donors (Lipinski definition) is 1. The minimum Gasteiger partial charge on any atom is -0.478 e. The van der Waals surface area contributed by atoms with Gasteiger partial charge in [-0.15, -0.1) is 0 Å². The van der Waals surface area contributed by atoms with E-state index < -0.39 is 16.0 Å². The van der Waals surface area contributed by atoms with Gasteiger partial charge in [0.05, 0.1) is 21.7 Å². The van der Waals surface area contributed by atoms with E-state index in [0.717, 1.165) is 3.97 Å². The van der Waals surface area contributed by atoms with Gasteiger partial charge >= 0.3 is 5.97 Å². The van der Waals surface area contributed by atoms with Crippen molar-refractivity contribution >= 4 is 61.7 Å². The van der Waals surface area contributed by atoms with Crippen LogP contribution >= 0.6 is 34.8 Å². The predicted octanol–water partition coefficient (Wildman–Crippen LogP) is 6.20. The number of rotatable bonds is 4. The van der Waals surface area contributed by atoms with Gasteiger partial charge in [0.15, 0.2) is 0 Å². The molecule has 0 saturated carbocycles. The summed E-state index contributed by atoms with van der Waals surface area (Å²) in [4.78, 5) is 11.3. The van der Waals surface area contributed by atoms with Gasteiger partial charge in [0.25, 0.3) is 10.0 Å². The Kier molecular flexibility index (Phi) is 5.28. The Bertz CT molecular complexity index is 1410. The van der Waals surface area contributed by atoms with Crippen molar-refractivity contribution in [1.29, 1.82) is 0 Å². The van der Waals surface area contributed by atoms with E-state index in [1.165, 1.54) is 30.3 Å². The number of aromatic carboxylic acids is 1. The van der Waals surface area contributed by atoms with Crippen molar-refractivity contribution in [3.05, 3.63) is 87.4 Å². The van der Waals surface area contributed by atoms with Crippen LogP contribution in [-0.4, -0.2) is 23.5 Å². The zero-order valence-electron chi connectivity index (χ0n) is 15.0. The largest absolute Gasteiger partial charge is 0.478 e. The zero-order valence-corrected chi connectivity index (χ0v) is 18.1. The van der Waals surface area contributed by atoms with Gasteiger partial charge in [-0.3, -0.25) is 0 Å². The maximum Gasteiger partial charge on any atom is 0.335 e. The van der Waals surface area contributed by atoms with Gasteiger partial charge in [0.1, 0.15) is 0 Å². The predicted molar refractivity (Wildman–Crippen MR) is 118 cm³/mol. The van der Waals surface area contributed by atoms with Gasteiger partial charge in [-0.05, 0) is 54.6 Å². The highest BCUT2D eigenvalue weighted by Crippen LogP contribution is 2.35. The van der Waals surface area contributed by atoms with E-state index in [4.69, 9.17) is 34.8 Å². The monoisotopic (exact) mass is 479 g/mol.